The Labute approximate surface area is 122 Å². The summed E-state index contributed by atoms with van der Waals surface area (Å²) >= 11 is 0. The van der Waals surface area contributed by atoms with Gasteiger partial charge in [-0.2, -0.15) is 4.98 Å². The standard InChI is InChI=1S/C15H17F2N3O/c1-15(2,3)14-19-12(18-4)8-13(20-14)21-11-6-9(16)5-10(17)7-11/h5-8H,1-4H3,(H,18,19,20). The van der Waals surface area contributed by atoms with Crippen LogP contribution >= 0.6 is 0 Å². The molecule has 21 heavy (non-hydrogen) atoms. The van der Waals surface area contributed by atoms with Crippen LogP contribution in [-0.4, -0.2) is 17.0 Å². The van der Waals surface area contributed by atoms with E-state index in [1.807, 2.05) is 20.8 Å². The van der Waals surface area contributed by atoms with Crippen molar-refractivity contribution in [2.75, 3.05) is 12.4 Å². The van der Waals surface area contributed by atoms with E-state index in [1.54, 1.807) is 13.1 Å². The molecule has 0 saturated carbocycles. The molecule has 4 nitrogen and oxygen atoms in total. The predicted molar refractivity (Wildman–Crippen MR) is 76.7 cm³/mol. The Morgan fingerprint density at radius 3 is 2.14 bits per heavy atom. The molecule has 0 aliphatic carbocycles. The molecule has 0 aliphatic rings. The molecule has 1 aromatic heterocycles. The fraction of sp³-hybridized carbons (Fsp3) is 0.333. The Hall–Kier alpha value is -2.24. The van der Waals surface area contributed by atoms with Crippen molar-refractivity contribution in [2.45, 2.75) is 26.2 Å². The molecule has 0 fully saturated rings. The van der Waals surface area contributed by atoms with Gasteiger partial charge in [-0.3, -0.25) is 0 Å². The Bertz CT molecular complexity index is 634. The summed E-state index contributed by atoms with van der Waals surface area (Å²) in [4.78, 5) is 8.64. The quantitative estimate of drug-likeness (QED) is 0.932. The van der Waals surface area contributed by atoms with E-state index in [0.29, 0.717) is 11.6 Å². The molecule has 0 aliphatic heterocycles. The van der Waals surface area contributed by atoms with Crippen molar-refractivity contribution in [1.29, 1.82) is 0 Å². The zero-order chi connectivity index (χ0) is 15.6. The molecular formula is C15H17F2N3O. The SMILES string of the molecule is CNc1cc(Oc2cc(F)cc(F)c2)nc(C(C)(C)C)n1. The topological polar surface area (TPSA) is 47.0 Å². The molecular weight excluding hydrogens is 276 g/mol. The highest BCUT2D eigenvalue weighted by Crippen LogP contribution is 2.27. The Kier molecular flexibility index (Phi) is 4.06. The first-order chi connectivity index (χ1) is 9.77. The molecule has 2 aromatic rings. The van der Waals surface area contributed by atoms with Crippen molar-refractivity contribution in [2.24, 2.45) is 0 Å². The van der Waals surface area contributed by atoms with Gasteiger partial charge in [-0.05, 0) is 0 Å². The molecule has 2 rings (SSSR count). The summed E-state index contributed by atoms with van der Waals surface area (Å²) in [6.07, 6.45) is 0. The lowest BCUT2D eigenvalue weighted by Crippen LogP contribution is -2.17. The average molecular weight is 293 g/mol. The molecule has 112 valence electrons. The summed E-state index contributed by atoms with van der Waals surface area (Å²) in [7, 11) is 1.72. The maximum Gasteiger partial charge on any atom is 0.224 e. The summed E-state index contributed by atoms with van der Waals surface area (Å²) < 4.78 is 31.8. The van der Waals surface area contributed by atoms with Crippen LogP contribution in [0.1, 0.15) is 26.6 Å². The van der Waals surface area contributed by atoms with Gasteiger partial charge in [0.05, 0.1) is 0 Å². The van der Waals surface area contributed by atoms with Gasteiger partial charge in [0.2, 0.25) is 5.88 Å². The van der Waals surface area contributed by atoms with Crippen LogP contribution < -0.4 is 10.1 Å². The van der Waals surface area contributed by atoms with Crippen molar-refractivity contribution in [3.8, 4) is 11.6 Å². The average Bonchev–Trinajstić information content (AvgIpc) is 2.36. The fourth-order valence-electron chi connectivity index (χ4n) is 1.65. The predicted octanol–water partition coefficient (Wildman–Crippen LogP) is 3.89. The first-order valence-corrected chi connectivity index (χ1v) is 6.49. The van der Waals surface area contributed by atoms with Gasteiger partial charge in [-0.1, -0.05) is 20.8 Å². The number of aromatic nitrogens is 2. The molecule has 6 heteroatoms. The molecule has 1 N–H and O–H groups in total. The Morgan fingerprint density at radius 2 is 1.62 bits per heavy atom. The molecule has 0 spiro atoms. The van der Waals surface area contributed by atoms with Crippen LogP contribution in [0.2, 0.25) is 0 Å². The fourth-order valence-corrected chi connectivity index (χ4v) is 1.65. The summed E-state index contributed by atoms with van der Waals surface area (Å²) in [5, 5.41) is 2.91. The lowest BCUT2D eigenvalue weighted by atomic mass is 9.96. The second kappa shape index (κ2) is 5.63. The van der Waals surface area contributed by atoms with E-state index in [2.05, 4.69) is 15.3 Å². The highest BCUT2D eigenvalue weighted by molar-refractivity contribution is 5.40. The van der Waals surface area contributed by atoms with Gasteiger partial charge >= 0.3 is 0 Å². The van der Waals surface area contributed by atoms with Crippen molar-refractivity contribution in [3.05, 3.63) is 41.7 Å². The molecule has 0 bridgehead atoms. The maximum atomic E-state index is 13.2. The third kappa shape index (κ3) is 3.87. The first-order valence-electron chi connectivity index (χ1n) is 6.49. The summed E-state index contributed by atoms with van der Waals surface area (Å²) in [6.45, 7) is 5.90. The van der Waals surface area contributed by atoms with E-state index >= 15 is 0 Å². The number of nitrogens with zero attached hydrogens (tertiary/aromatic N) is 2. The van der Waals surface area contributed by atoms with Gasteiger partial charge in [-0.15, -0.1) is 0 Å². The van der Waals surface area contributed by atoms with E-state index in [-0.39, 0.29) is 17.0 Å². The van der Waals surface area contributed by atoms with Crippen LogP contribution in [0.5, 0.6) is 11.6 Å². The van der Waals surface area contributed by atoms with Gasteiger partial charge < -0.3 is 10.1 Å². The van der Waals surface area contributed by atoms with E-state index in [1.165, 1.54) is 0 Å². The summed E-state index contributed by atoms with van der Waals surface area (Å²) in [5.74, 6) is 0.00768. The number of rotatable bonds is 3. The van der Waals surface area contributed by atoms with Crippen LogP contribution in [0.3, 0.4) is 0 Å². The third-order valence-electron chi connectivity index (χ3n) is 2.69. The zero-order valence-electron chi connectivity index (χ0n) is 12.4. The highest BCUT2D eigenvalue weighted by Gasteiger charge is 2.19. The van der Waals surface area contributed by atoms with Gasteiger partial charge in [0.25, 0.3) is 0 Å². The lowest BCUT2D eigenvalue weighted by molar-refractivity contribution is 0.438. The van der Waals surface area contributed by atoms with Gasteiger partial charge in [-0.25, -0.2) is 13.8 Å². The lowest BCUT2D eigenvalue weighted by Gasteiger charge is -2.18. The maximum absolute atomic E-state index is 13.2. The number of hydrogen-bond donors (Lipinski definition) is 1. The van der Waals surface area contributed by atoms with Crippen molar-refractivity contribution in [1.82, 2.24) is 9.97 Å². The van der Waals surface area contributed by atoms with E-state index in [9.17, 15) is 8.78 Å². The summed E-state index contributed by atoms with van der Waals surface area (Å²) in [6, 6.07) is 4.55. The van der Waals surface area contributed by atoms with Crippen LogP contribution in [-0.2, 0) is 5.41 Å². The second-order valence-electron chi connectivity index (χ2n) is 5.62. The van der Waals surface area contributed by atoms with E-state index < -0.39 is 11.6 Å². The summed E-state index contributed by atoms with van der Waals surface area (Å²) in [5.41, 5.74) is -0.280. The number of benzene rings is 1. The molecule has 0 saturated heterocycles. The largest absolute Gasteiger partial charge is 0.439 e. The third-order valence-corrected chi connectivity index (χ3v) is 2.69. The van der Waals surface area contributed by atoms with Gasteiger partial charge in [0.15, 0.2) is 0 Å². The molecule has 1 aromatic carbocycles. The van der Waals surface area contributed by atoms with Crippen molar-refractivity contribution < 1.29 is 13.5 Å². The van der Waals surface area contributed by atoms with Crippen LogP contribution in [0, 0.1) is 11.6 Å². The van der Waals surface area contributed by atoms with Crippen LogP contribution in [0.25, 0.3) is 0 Å². The molecule has 1 heterocycles. The molecule has 0 amide bonds. The van der Waals surface area contributed by atoms with Crippen molar-refractivity contribution in [3.63, 3.8) is 0 Å². The van der Waals surface area contributed by atoms with Crippen LogP contribution in [0.15, 0.2) is 24.3 Å². The zero-order valence-corrected chi connectivity index (χ0v) is 12.4. The molecule has 0 unspecified atom stereocenters. The number of hydrogen-bond acceptors (Lipinski definition) is 4. The monoisotopic (exact) mass is 293 g/mol. The number of ether oxygens (including phenoxy) is 1. The van der Waals surface area contributed by atoms with Gasteiger partial charge in [0.1, 0.15) is 29.0 Å². The second-order valence-corrected chi connectivity index (χ2v) is 5.62. The van der Waals surface area contributed by atoms with Gasteiger partial charge in [0, 0.05) is 36.7 Å². The molecule has 0 atom stereocenters. The van der Waals surface area contributed by atoms with E-state index in [0.717, 1.165) is 18.2 Å². The minimum atomic E-state index is -0.705. The number of halogens is 2. The van der Waals surface area contributed by atoms with E-state index in [4.69, 9.17) is 4.74 Å². The Morgan fingerprint density at radius 1 is 1.00 bits per heavy atom. The minimum Gasteiger partial charge on any atom is -0.439 e. The molecule has 0 radical (unpaired) electrons. The normalized spacial score (nSPS) is 11.3. The first kappa shape index (κ1) is 15.2. The number of anilines is 1. The highest BCUT2D eigenvalue weighted by atomic mass is 19.1. The van der Waals surface area contributed by atoms with Crippen LogP contribution in [0.4, 0.5) is 14.6 Å². The van der Waals surface area contributed by atoms with Crippen molar-refractivity contribution >= 4 is 5.82 Å². The number of nitrogens with one attached hydrogen (secondary N) is 1. The Balaban J connectivity index is 2.39. The minimum absolute atomic E-state index is 0.0492. The smallest absolute Gasteiger partial charge is 0.224 e.